The van der Waals surface area contributed by atoms with E-state index in [9.17, 15) is 18.0 Å². The number of guanidine groups is 1. The Morgan fingerprint density at radius 2 is 2.00 bits per heavy atom. The van der Waals surface area contributed by atoms with Gasteiger partial charge in [0.15, 0.2) is 5.96 Å². The van der Waals surface area contributed by atoms with Crippen molar-refractivity contribution in [3.63, 3.8) is 0 Å². The minimum absolute atomic E-state index is 0.0215. The molecule has 1 aromatic heterocycles. The summed E-state index contributed by atoms with van der Waals surface area (Å²) >= 11 is 0. The van der Waals surface area contributed by atoms with Crippen molar-refractivity contribution in [2.45, 2.75) is 38.8 Å². The number of carbonyl (C=O) groups is 1. The van der Waals surface area contributed by atoms with E-state index in [4.69, 9.17) is 4.74 Å². The predicted octanol–water partition coefficient (Wildman–Crippen LogP) is 2.68. The Balaban J connectivity index is 1.96. The van der Waals surface area contributed by atoms with Crippen LogP contribution in [0.25, 0.3) is 0 Å². The van der Waals surface area contributed by atoms with Crippen molar-refractivity contribution in [2.24, 2.45) is 10.4 Å². The Morgan fingerprint density at radius 3 is 2.60 bits per heavy atom. The normalized spacial score (nSPS) is 16.3. The standard InChI is InChI=1S/C20H30F3N5O2/c1-4-24-18(27-14-19(9-5-6-10-19)17(29)28(2)3)26-12-13-30-16-15(20(21,22)23)8-7-11-25-16/h7-8,11H,4-6,9-10,12-14H2,1-3H3,(H2,24,26,27). The molecule has 7 nitrogen and oxygen atoms in total. The van der Waals surface area contributed by atoms with Crippen LogP contribution < -0.4 is 15.4 Å². The summed E-state index contributed by atoms with van der Waals surface area (Å²) in [4.78, 5) is 22.5. The van der Waals surface area contributed by atoms with E-state index >= 15 is 0 Å². The van der Waals surface area contributed by atoms with Crippen LogP contribution >= 0.6 is 0 Å². The SMILES string of the molecule is CCNC(=NCC1(C(=O)N(C)C)CCCC1)NCCOc1ncccc1C(F)(F)F. The Morgan fingerprint density at radius 1 is 1.30 bits per heavy atom. The molecule has 0 spiro atoms. The lowest BCUT2D eigenvalue weighted by Crippen LogP contribution is -2.43. The first-order chi connectivity index (χ1) is 14.2. The van der Waals surface area contributed by atoms with Crippen molar-refractivity contribution in [1.29, 1.82) is 0 Å². The monoisotopic (exact) mass is 429 g/mol. The molecule has 1 amide bonds. The highest BCUT2D eigenvalue weighted by Crippen LogP contribution is 2.39. The average molecular weight is 429 g/mol. The summed E-state index contributed by atoms with van der Waals surface area (Å²) in [6, 6.07) is 2.15. The lowest BCUT2D eigenvalue weighted by molar-refractivity contribution is -0.139. The lowest BCUT2D eigenvalue weighted by atomic mass is 9.85. The minimum atomic E-state index is -4.53. The molecule has 1 aromatic rings. The highest BCUT2D eigenvalue weighted by Gasteiger charge is 2.42. The average Bonchev–Trinajstić information content (AvgIpc) is 3.18. The summed E-state index contributed by atoms with van der Waals surface area (Å²) in [7, 11) is 3.50. The summed E-state index contributed by atoms with van der Waals surface area (Å²) in [6.45, 7) is 3.09. The van der Waals surface area contributed by atoms with E-state index in [0.29, 0.717) is 19.0 Å². The number of alkyl halides is 3. The molecule has 0 aliphatic heterocycles. The maximum Gasteiger partial charge on any atom is 0.421 e. The number of nitrogens with one attached hydrogen (secondary N) is 2. The first kappa shape index (κ1) is 23.8. The van der Waals surface area contributed by atoms with Crippen LogP contribution in [0, 0.1) is 5.41 Å². The summed E-state index contributed by atoms with van der Waals surface area (Å²) in [6.07, 6.45) is 0.331. The molecule has 1 heterocycles. The number of hydrogen-bond donors (Lipinski definition) is 2. The van der Waals surface area contributed by atoms with E-state index in [1.807, 2.05) is 6.92 Å². The summed E-state index contributed by atoms with van der Waals surface area (Å²) in [5.41, 5.74) is -1.39. The second-order valence-electron chi connectivity index (χ2n) is 7.51. The van der Waals surface area contributed by atoms with Gasteiger partial charge in [-0.1, -0.05) is 12.8 Å². The van der Waals surface area contributed by atoms with Crippen LogP contribution in [0.4, 0.5) is 13.2 Å². The molecular weight excluding hydrogens is 399 g/mol. The zero-order valence-electron chi connectivity index (χ0n) is 17.7. The van der Waals surface area contributed by atoms with Gasteiger partial charge in [-0.2, -0.15) is 13.2 Å². The first-order valence-corrected chi connectivity index (χ1v) is 10.1. The third-order valence-corrected chi connectivity index (χ3v) is 5.01. The van der Waals surface area contributed by atoms with Gasteiger partial charge in [0.25, 0.3) is 0 Å². The molecule has 0 atom stereocenters. The van der Waals surface area contributed by atoms with E-state index < -0.39 is 23.0 Å². The van der Waals surface area contributed by atoms with Gasteiger partial charge in [0.05, 0.1) is 18.5 Å². The Bertz CT molecular complexity index is 731. The molecule has 10 heteroatoms. The van der Waals surface area contributed by atoms with Crippen LogP contribution in [-0.4, -0.2) is 62.1 Å². The maximum absolute atomic E-state index is 13.0. The van der Waals surface area contributed by atoms with Gasteiger partial charge in [0.1, 0.15) is 12.2 Å². The topological polar surface area (TPSA) is 78.9 Å². The number of ether oxygens (including phenoxy) is 1. The number of hydrogen-bond acceptors (Lipinski definition) is 4. The molecular formula is C20H30F3N5O2. The second kappa shape index (κ2) is 10.5. The molecule has 0 aromatic carbocycles. The van der Waals surface area contributed by atoms with Crippen LogP contribution in [0.3, 0.4) is 0 Å². The van der Waals surface area contributed by atoms with Crippen LogP contribution in [0.5, 0.6) is 5.88 Å². The summed E-state index contributed by atoms with van der Waals surface area (Å²) in [5, 5.41) is 6.13. The lowest BCUT2D eigenvalue weighted by Gasteiger charge is -2.29. The number of aliphatic imine (C=N–C) groups is 1. The number of halogens is 3. The fourth-order valence-corrected chi connectivity index (χ4v) is 3.58. The second-order valence-corrected chi connectivity index (χ2v) is 7.51. The quantitative estimate of drug-likeness (QED) is 0.377. The zero-order valence-corrected chi connectivity index (χ0v) is 17.7. The van der Waals surface area contributed by atoms with Gasteiger partial charge in [-0.05, 0) is 31.9 Å². The number of rotatable bonds is 8. The first-order valence-electron chi connectivity index (χ1n) is 10.1. The molecule has 1 aliphatic rings. The van der Waals surface area contributed by atoms with Gasteiger partial charge in [-0.3, -0.25) is 9.79 Å². The Hall–Kier alpha value is -2.52. The molecule has 2 rings (SSSR count). The molecule has 1 fully saturated rings. The van der Waals surface area contributed by atoms with Crippen LogP contribution in [0.1, 0.15) is 38.2 Å². The van der Waals surface area contributed by atoms with Gasteiger partial charge in [0.2, 0.25) is 11.8 Å². The van der Waals surface area contributed by atoms with Gasteiger partial charge in [-0.15, -0.1) is 0 Å². The fourth-order valence-electron chi connectivity index (χ4n) is 3.58. The van der Waals surface area contributed by atoms with E-state index in [2.05, 4.69) is 20.6 Å². The molecule has 0 unspecified atom stereocenters. The smallest absolute Gasteiger partial charge is 0.421 e. The maximum atomic E-state index is 13.0. The molecule has 0 radical (unpaired) electrons. The largest absolute Gasteiger partial charge is 0.475 e. The van der Waals surface area contributed by atoms with Crippen molar-refractivity contribution in [2.75, 3.05) is 40.3 Å². The fraction of sp³-hybridized carbons (Fsp3) is 0.650. The Kier molecular flexibility index (Phi) is 8.31. The number of pyridine rings is 1. The highest BCUT2D eigenvalue weighted by atomic mass is 19.4. The third kappa shape index (κ3) is 6.24. The molecule has 0 bridgehead atoms. The van der Waals surface area contributed by atoms with Gasteiger partial charge < -0.3 is 20.3 Å². The highest BCUT2D eigenvalue weighted by molar-refractivity contribution is 5.84. The molecule has 2 N–H and O–H groups in total. The van der Waals surface area contributed by atoms with Crippen molar-refractivity contribution in [3.05, 3.63) is 23.9 Å². The van der Waals surface area contributed by atoms with E-state index in [1.165, 1.54) is 12.3 Å². The third-order valence-electron chi connectivity index (χ3n) is 5.01. The van der Waals surface area contributed by atoms with Gasteiger partial charge >= 0.3 is 6.18 Å². The molecule has 0 saturated heterocycles. The van der Waals surface area contributed by atoms with Crippen LogP contribution in [0.2, 0.25) is 0 Å². The van der Waals surface area contributed by atoms with Gasteiger partial charge in [-0.25, -0.2) is 4.98 Å². The van der Waals surface area contributed by atoms with Crippen molar-refractivity contribution in [1.82, 2.24) is 20.5 Å². The molecule has 168 valence electrons. The number of amides is 1. The van der Waals surface area contributed by atoms with Crippen molar-refractivity contribution >= 4 is 11.9 Å². The number of carbonyl (C=O) groups excluding carboxylic acids is 1. The minimum Gasteiger partial charge on any atom is -0.475 e. The zero-order chi connectivity index (χ0) is 22.2. The van der Waals surface area contributed by atoms with Crippen LogP contribution in [-0.2, 0) is 11.0 Å². The van der Waals surface area contributed by atoms with Crippen molar-refractivity contribution < 1.29 is 22.7 Å². The molecule has 1 aliphatic carbocycles. The predicted molar refractivity (Wildman–Crippen MR) is 108 cm³/mol. The number of nitrogens with zero attached hydrogens (tertiary/aromatic N) is 3. The van der Waals surface area contributed by atoms with E-state index in [-0.39, 0.29) is 19.1 Å². The summed E-state index contributed by atoms with van der Waals surface area (Å²) in [5.74, 6) is 0.129. The molecule has 1 saturated carbocycles. The van der Waals surface area contributed by atoms with Crippen molar-refractivity contribution in [3.8, 4) is 5.88 Å². The Labute approximate surface area is 175 Å². The van der Waals surface area contributed by atoms with E-state index in [1.54, 1.807) is 19.0 Å². The summed E-state index contributed by atoms with van der Waals surface area (Å²) < 4.78 is 44.2. The van der Waals surface area contributed by atoms with Gasteiger partial charge in [0, 0.05) is 26.8 Å². The van der Waals surface area contributed by atoms with Crippen LogP contribution in [0.15, 0.2) is 23.3 Å². The molecule has 30 heavy (non-hydrogen) atoms. The number of aromatic nitrogens is 1. The van der Waals surface area contributed by atoms with E-state index in [0.717, 1.165) is 31.7 Å².